The van der Waals surface area contributed by atoms with Crippen molar-refractivity contribution in [3.8, 4) is 0 Å². The SMILES string of the molecule is CCc1ccc(C(N)C(C)SCC2CCCC2)cc1. The van der Waals surface area contributed by atoms with E-state index in [1.807, 2.05) is 0 Å². The molecule has 1 saturated carbocycles. The molecule has 0 aromatic heterocycles. The van der Waals surface area contributed by atoms with Crippen LogP contribution in [0.25, 0.3) is 0 Å². The highest BCUT2D eigenvalue weighted by molar-refractivity contribution is 7.99. The standard InChI is InChI=1S/C17H27NS/c1-3-14-8-10-16(11-9-14)17(18)13(2)19-12-15-6-4-5-7-15/h8-11,13,15,17H,3-7,12,18H2,1-2H3. The summed E-state index contributed by atoms with van der Waals surface area (Å²) in [6.07, 6.45) is 6.83. The van der Waals surface area contributed by atoms with E-state index in [0.717, 1.165) is 12.3 Å². The molecule has 0 aliphatic heterocycles. The highest BCUT2D eigenvalue weighted by atomic mass is 32.2. The first-order valence-electron chi connectivity index (χ1n) is 7.66. The molecule has 1 fully saturated rings. The quantitative estimate of drug-likeness (QED) is 0.825. The van der Waals surface area contributed by atoms with Crippen LogP contribution >= 0.6 is 11.8 Å². The molecule has 106 valence electrons. The highest BCUT2D eigenvalue weighted by Crippen LogP contribution is 2.32. The van der Waals surface area contributed by atoms with Crippen LogP contribution in [-0.2, 0) is 6.42 Å². The van der Waals surface area contributed by atoms with Crippen molar-refractivity contribution in [3.63, 3.8) is 0 Å². The van der Waals surface area contributed by atoms with Gasteiger partial charge in [0.1, 0.15) is 0 Å². The summed E-state index contributed by atoms with van der Waals surface area (Å²) in [5, 5.41) is 0.507. The van der Waals surface area contributed by atoms with Gasteiger partial charge in [-0.15, -0.1) is 0 Å². The second-order valence-corrected chi connectivity index (χ2v) is 7.22. The molecule has 2 heteroatoms. The first-order chi connectivity index (χ1) is 9.20. The second-order valence-electron chi connectivity index (χ2n) is 5.81. The van der Waals surface area contributed by atoms with Crippen molar-refractivity contribution in [3.05, 3.63) is 35.4 Å². The van der Waals surface area contributed by atoms with Gasteiger partial charge in [-0.05, 0) is 42.1 Å². The molecule has 19 heavy (non-hydrogen) atoms. The molecular formula is C17H27NS. The maximum Gasteiger partial charge on any atom is 0.0412 e. The van der Waals surface area contributed by atoms with Gasteiger partial charge in [-0.3, -0.25) is 0 Å². The zero-order valence-electron chi connectivity index (χ0n) is 12.3. The number of hydrogen-bond donors (Lipinski definition) is 1. The second kappa shape index (κ2) is 7.35. The summed E-state index contributed by atoms with van der Waals surface area (Å²) in [6, 6.07) is 9.00. The zero-order valence-corrected chi connectivity index (χ0v) is 13.1. The van der Waals surface area contributed by atoms with Crippen molar-refractivity contribution < 1.29 is 0 Å². The fraction of sp³-hybridized carbons (Fsp3) is 0.647. The maximum absolute atomic E-state index is 6.39. The topological polar surface area (TPSA) is 26.0 Å². The van der Waals surface area contributed by atoms with E-state index in [9.17, 15) is 0 Å². The van der Waals surface area contributed by atoms with Crippen molar-refractivity contribution in [2.45, 2.75) is 57.2 Å². The highest BCUT2D eigenvalue weighted by Gasteiger charge is 2.19. The Balaban J connectivity index is 1.84. The van der Waals surface area contributed by atoms with E-state index in [4.69, 9.17) is 5.73 Å². The van der Waals surface area contributed by atoms with Crippen LogP contribution < -0.4 is 5.73 Å². The lowest BCUT2D eigenvalue weighted by Crippen LogP contribution is -2.22. The molecule has 0 amide bonds. The van der Waals surface area contributed by atoms with Crippen LogP contribution in [-0.4, -0.2) is 11.0 Å². The summed E-state index contributed by atoms with van der Waals surface area (Å²) in [5.41, 5.74) is 9.07. The Bertz CT molecular complexity index is 367. The predicted molar refractivity (Wildman–Crippen MR) is 86.6 cm³/mol. The largest absolute Gasteiger partial charge is 0.323 e. The average molecular weight is 277 g/mol. The molecule has 1 aromatic carbocycles. The molecule has 2 rings (SSSR count). The van der Waals surface area contributed by atoms with Crippen molar-refractivity contribution in [2.24, 2.45) is 11.7 Å². The van der Waals surface area contributed by atoms with E-state index >= 15 is 0 Å². The van der Waals surface area contributed by atoms with Crippen LogP contribution in [0.3, 0.4) is 0 Å². The van der Waals surface area contributed by atoms with Crippen molar-refractivity contribution >= 4 is 11.8 Å². The van der Waals surface area contributed by atoms with Crippen LogP contribution in [0.1, 0.15) is 56.7 Å². The lowest BCUT2D eigenvalue weighted by Gasteiger charge is -2.21. The van der Waals surface area contributed by atoms with E-state index in [1.54, 1.807) is 0 Å². The van der Waals surface area contributed by atoms with Gasteiger partial charge in [0.05, 0.1) is 0 Å². The van der Waals surface area contributed by atoms with Gasteiger partial charge in [-0.1, -0.05) is 51.0 Å². The Labute approximate surface area is 122 Å². The van der Waals surface area contributed by atoms with Gasteiger partial charge >= 0.3 is 0 Å². The Morgan fingerprint density at radius 1 is 1.21 bits per heavy atom. The van der Waals surface area contributed by atoms with Crippen LogP contribution in [0.4, 0.5) is 0 Å². The van der Waals surface area contributed by atoms with E-state index in [2.05, 4.69) is 49.9 Å². The van der Waals surface area contributed by atoms with E-state index < -0.39 is 0 Å². The number of thioether (sulfide) groups is 1. The van der Waals surface area contributed by atoms with Gasteiger partial charge in [0.25, 0.3) is 0 Å². The summed E-state index contributed by atoms with van der Waals surface area (Å²) < 4.78 is 0. The summed E-state index contributed by atoms with van der Waals surface area (Å²) >= 11 is 2.06. The number of hydrogen-bond acceptors (Lipinski definition) is 2. The first kappa shape index (κ1) is 14.9. The smallest absolute Gasteiger partial charge is 0.0412 e. The fourth-order valence-electron chi connectivity index (χ4n) is 2.82. The third-order valence-electron chi connectivity index (χ3n) is 4.35. The summed E-state index contributed by atoms with van der Waals surface area (Å²) in [5.74, 6) is 2.24. The Hall–Kier alpha value is -0.470. The van der Waals surface area contributed by atoms with Crippen molar-refractivity contribution in [1.29, 1.82) is 0 Å². The van der Waals surface area contributed by atoms with E-state index in [0.29, 0.717) is 5.25 Å². The molecule has 1 nitrogen and oxygen atoms in total. The zero-order chi connectivity index (χ0) is 13.7. The van der Waals surface area contributed by atoms with Crippen LogP contribution in [0.2, 0.25) is 0 Å². The predicted octanol–water partition coefficient (Wildman–Crippen LogP) is 4.56. The molecule has 0 saturated heterocycles. The maximum atomic E-state index is 6.39. The molecule has 2 N–H and O–H groups in total. The Morgan fingerprint density at radius 3 is 2.42 bits per heavy atom. The van der Waals surface area contributed by atoms with Crippen LogP contribution in [0.5, 0.6) is 0 Å². The third kappa shape index (κ3) is 4.25. The summed E-state index contributed by atoms with van der Waals surface area (Å²) in [6.45, 7) is 4.47. The molecule has 0 spiro atoms. The molecule has 1 aromatic rings. The third-order valence-corrected chi connectivity index (χ3v) is 5.83. The normalized spacial score (nSPS) is 19.5. The van der Waals surface area contributed by atoms with Gasteiger partial charge < -0.3 is 5.73 Å². The molecule has 0 bridgehead atoms. The Morgan fingerprint density at radius 2 is 1.84 bits per heavy atom. The Kier molecular flexibility index (Phi) is 5.77. The van der Waals surface area contributed by atoms with Gasteiger partial charge in [0, 0.05) is 11.3 Å². The number of rotatable bonds is 6. The monoisotopic (exact) mass is 277 g/mol. The molecule has 1 aliphatic carbocycles. The van der Waals surface area contributed by atoms with Gasteiger partial charge in [-0.25, -0.2) is 0 Å². The summed E-state index contributed by atoms with van der Waals surface area (Å²) in [7, 11) is 0. The number of nitrogens with two attached hydrogens (primary N) is 1. The summed E-state index contributed by atoms with van der Waals surface area (Å²) in [4.78, 5) is 0. The first-order valence-corrected chi connectivity index (χ1v) is 8.71. The van der Waals surface area contributed by atoms with Crippen molar-refractivity contribution in [1.82, 2.24) is 0 Å². The lowest BCUT2D eigenvalue weighted by molar-refractivity contribution is 0.618. The average Bonchev–Trinajstić information content (AvgIpc) is 2.97. The molecule has 0 radical (unpaired) electrons. The van der Waals surface area contributed by atoms with Crippen LogP contribution in [0, 0.1) is 5.92 Å². The minimum absolute atomic E-state index is 0.164. The minimum Gasteiger partial charge on any atom is -0.323 e. The van der Waals surface area contributed by atoms with E-state index in [1.165, 1.54) is 42.6 Å². The van der Waals surface area contributed by atoms with E-state index in [-0.39, 0.29) is 6.04 Å². The lowest BCUT2D eigenvalue weighted by atomic mass is 10.0. The number of aryl methyl sites for hydroxylation is 1. The van der Waals surface area contributed by atoms with Crippen LogP contribution in [0.15, 0.2) is 24.3 Å². The molecular weight excluding hydrogens is 250 g/mol. The van der Waals surface area contributed by atoms with Gasteiger partial charge in [0.2, 0.25) is 0 Å². The molecule has 0 heterocycles. The number of benzene rings is 1. The molecule has 1 aliphatic rings. The minimum atomic E-state index is 0.164. The van der Waals surface area contributed by atoms with Gasteiger partial charge in [0.15, 0.2) is 0 Å². The molecule has 2 atom stereocenters. The van der Waals surface area contributed by atoms with Crippen molar-refractivity contribution in [2.75, 3.05) is 5.75 Å². The molecule has 2 unspecified atom stereocenters. The van der Waals surface area contributed by atoms with Gasteiger partial charge in [-0.2, -0.15) is 11.8 Å². The fourth-order valence-corrected chi connectivity index (χ4v) is 4.09.